The van der Waals surface area contributed by atoms with E-state index in [0.29, 0.717) is 17.7 Å². The van der Waals surface area contributed by atoms with Crippen molar-refractivity contribution >= 4 is 28.9 Å². The lowest BCUT2D eigenvalue weighted by Gasteiger charge is -2.05. The van der Waals surface area contributed by atoms with Gasteiger partial charge in [-0.3, -0.25) is 4.99 Å². The first-order valence-electron chi connectivity index (χ1n) is 7.09. The van der Waals surface area contributed by atoms with E-state index in [9.17, 15) is 0 Å². The molecular formula is C15H16N8. The molecule has 2 aromatic heterocycles. The van der Waals surface area contributed by atoms with Crippen LogP contribution in [-0.4, -0.2) is 37.7 Å². The Kier molecular flexibility index (Phi) is 3.96. The molecule has 23 heavy (non-hydrogen) atoms. The third-order valence-electron chi connectivity index (χ3n) is 3.25. The van der Waals surface area contributed by atoms with Crippen LogP contribution in [0.15, 0.2) is 41.7 Å². The number of anilines is 1. The van der Waals surface area contributed by atoms with Crippen LogP contribution in [0.1, 0.15) is 12.5 Å². The van der Waals surface area contributed by atoms with Crippen molar-refractivity contribution in [3.8, 4) is 5.69 Å². The highest BCUT2D eigenvalue weighted by molar-refractivity contribution is 6.09. The second kappa shape index (κ2) is 6.22. The van der Waals surface area contributed by atoms with E-state index in [1.807, 2.05) is 31.2 Å². The van der Waals surface area contributed by atoms with E-state index >= 15 is 0 Å². The van der Waals surface area contributed by atoms with Crippen molar-refractivity contribution in [2.45, 2.75) is 6.92 Å². The summed E-state index contributed by atoms with van der Waals surface area (Å²) in [7, 11) is 0. The van der Waals surface area contributed by atoms with Crippen molar-refractivity contribution in [1.29, 1.82) is 0 Å². The van der Waals surface area contributed by atoms with Gasteiger partial charge in [0, 0.05) is 24.5 Å². The molecule has 8 nitrogen and oxygen atoms in total. The summed E-state index contributed by atoms with van der Waals surface area (Å²) in [6.45, 7) is 2.68. The van der Waals surface area contributed by atoms with Crippen LogP contribution in [0.25, 0.3) is 22.4 Å². The van der Waals surface area contributed by atoms with Gasteiger partial charge in [0.1, 0.15) is 0 Å². The molecular weight excluding hydrogens is 292 g/mol. The summed E-state index contributed by atoms with van der Waals surface area (Å²) < 4.78 is 1.61. The highest BCUT2D eigenvalue weighted by Gasteiger charge is 2.09. The van der Waals surface area contributed by atoms with Crippen LogP contribution in [-0.2, 0) is 0 Å². The molecule has 0 unspecified atom stereocenters. The Morgan fingerprint density at radius 1 is 1.30 bits per heavy atom. The summed E-state index contributed by atoms with van der Waals surface area (Å²) in [6, 6.07) is 7.69. The van der Waals surface area contributed by atoms with Crippen LogP contribution in [0.3, 0.4) is 0 Å². The van der Waals surface area contributed by atoms with Crippen LogP contribution in [0.5, 0.6) is 0 Å². The van der Waals surface area contributed by atoms with Gasteiger partial charge >= 0.3 is 0 Å². The molecule has 0 radical (unpaired) electrons. The van der Waals surface area contributed by atoms with E-state index in [0.717, 1.165) is 16.8 Å². The molecule has 0 saturated heterocycles. The molecule has 0 aliphatic rings. The molecule has 116 valence electrons. The maximum absolute atomic E-state index is 5.66. The lowest BCUT2D eigenvalue weighted by Crippen LogP contribution is -2.01. The van der Waals surface area contributed by atoms with Crippen molar-refractivity contribution in [3.63, 3.8) is 0 Å². The van der Waals surface area contributed by atoms with Crippen LogP contribution in [0, 0.1) is 0 Å². The van der Waals surface area contributed by atoms with Gasteiger partial charge in [0.2, 0.25) is 5.95 Å². The summed E-state index contributed by atoms with van der Waals surface area (Å²) in [5.41, 5.74) is 15.1. The largest absolute Gasteiger partial charge is 0.404 e. The predicted octanol–water partition coefficient (Wildman–Crippen LogP) is 1.18. The van der Waals surface area contributed by atoms with E-state index in [1.54, 1.807) is 17.1 Å². The quantitative estimate of drug-likeness (QED) is 0.698. The van der Waals surface area contributed by atoms with E-state index in [-0.39, 0.29) is 5.95 Å². The fourth-order valence-corrected chi connectivity index (χ4v) is 2.11. The second-order valence-corrected chi connectivity index (χ2v) is 4.74. The standard InChI is InChI=1S/C15H16N8/c1-2-18-8-11(7-16)10-3-5-12(6-4-10)23-14-13(21-22-23)9-19-15(17)20-14/h3-9H,2,16H2,1H3,(H2,17,19,20). The smallest absolute Gasteiger partial charge is 0.222 e. The predicted molar refractivity (Wildman–Crippen MR) is 90.1 cm³/mol. The molecule has 0 amide bonds. The zero-order valence-electron chi connectivity index (χ0n) is 12.6. The molecule has 0 fully saturated rings. The number of allylic oxidation sites excluding steroid dienone is 1. The van der Waals surface area contributed by atoms with E-state index < -0.39 is 0 Å². The minimum Gasteiger partial charge on any atom is -0.404 e. The van der Waals surface area contributed by atoms with Crippen molar-refractivity contribution in [3.05, 3.63) is 42.2 Å². The van der Waals surface area contributed by atoms with Gasteiger partial charge in [0.15, 0.2) is 11.2 Å². The maximum atomic E-state index is 5.66. The summed E-state index contributed by atoms with van der Waals surface area (Å²) >= 11 is 0. The van der Waals surface area contributed by atoms with Crippen LogP contribution in [0.2, 0.25) is 0 Å². The number of benzene rings is 1. The normalized spacial score (nSPS) is 12.3. The third kappa shape index (κ3) is 2.86. The van der Waals surface area contributed by atoms with E-state index in [1.165, 1.54) is 6.20 Å². The third-order valence-corrected chi connectivity index (χ3v) is 3.25. The highest BCUT2D eigenvalue weighted by atomic mass is 15.4. The number of aliphatic imine (C=N–C) groups is 1. The fraction of sp³-hybridized carbons (Fsp3) is 0.133. The molecule has 3 rings (SSSR count). The lowest BCUT2D eigenvalue weighted by atomic mass is 10.1. The summed E-state index contributed by atoms with van der Waals surface area (Å²) in [5.74, 6) is 0.182. The molecule has 8 heteroatoms. The summed E-state index contributed by atoms with van der Waals surface area (Å²) in [6.07, 6.45) is 4.84. The van der Waals surface area contributed by atoms with Gasteiger partial charge in [-0.25, -0.2) is 4.98 Å². The molecule has 0 spiro atoms. The average molecular weight is 308 g/mol. The number of nitrogens with zero attached hydrogens (tertiary/aromatic N) is 6. The molecule has 3 aromatic rings. The molecule has 0 bridgehead atoms. The maximum Gasteiger partial charge on any atom is 0.222 e. The lowest BCUT2D eigenvalue weighted by molar-refractivity contribution is 0.817. The Morgan fingerprint density at radius 2 is 2.09 bits per heavy atom. The molecule has 0 atom stereocenters. The number of fused-ring (bicyclic) bond motifs is 1. The van der Waals surface area contributed by atoms with Gasteiger partial charge in [-0.15, -0.1) is 5.10 Å². The zero-order valence-corrected chi connectivity index (χ0v) is 12.6. The molecule has 0 aliphatic heterocycles. The number of nitrogens with two attached hydrogens (primary N) is 2. The molecule has 4 N–H and O–H groups in total. The minimum absolute atomic E-state index is 0.182. The van der Waals surface area contributed by atoms with Gasteiger partial charge in [0.05, 0.1) is 11.9 Å². The van der Waals surface area contributed by atoms with E-state index in [4.69, 9.17) is 11.5 Å². The molecule has 2 heterocycles. The Labute approximate surface area is 132 Å². The number of hydrogen-bond donors (Lipinski definition) is 2. The first-order valence-corrected chi connectivity index (χ1v) is 7.09. The van der Waals surface area contributed by atoms with Gasteiger partial charge in [-0.05, 0) is 24.6 Å². The Balaban J connectivity index is 1.98. The number of hydrogen-bond acceptors (Lipinski definition) is 7. The first kappa shape index (κ1) is 14.6. The topological polar surface area (TPSA) is 121 Å². The van der Waals surface area contributed by atoms with Gasteiger partial charge < -0.3 is 11.5 Å². The zero-order chi connectivity index (χ0) is 16.2. The van der Waals surface area contributed by atoms with E-state index in [2.05, 4.69) is 25.3 Å². The van der Waals surface area contributed by atoms with Gasteiger partial charge in [-0.1, -0.05) is 17.3 Å². The highest BCUT2D eigenvalue weighted by Crippen LogP contribution is 2.18. The minimum atomic E-state index is 0.182. The fourth-order valence-electron chi connectivity index (χ4n) is 2.11. The summed E-state index contributed by atoms with van der Waals surface area (Å²) in [5, 5.41) is 8.12. The Bertz CT molecular complexity index is 876. The molecule has 0 aliphatic carbocycles. The van der Waals surface area contributed by atoms with Crippen LogP contribution < -0.4 is 11.5 Å². The summed E-state index contributed by atoms with van der Waals surface area (Å²) in [4.78, 5) is 12.3. The van der Waals surface area contributed by atoms with Crippen LogP contribution >= 0.6 is 0 Å². The van der Waals surface area contributed by atoms with Crippen molar-refractivity contribution in [2.24, 2.45) is 10.7 Å². The Morgan fingerprint density at radius 3 is 2.78 bits per heavy atom. The van der Waals surface area contributed by atoms with Crippen molar-refractivity contribution in [2.75, 3.05) is 12.3 Å². The average Bonchev–Trinajstić information content (AvgIpc) is 2.99. The first-order chi connectivity index (χ1) is 11.2. The second-order valence-electron chi connectivity index (χ2n) is 4.74. The van der Waals surface area contributed by atoms with Crippen molar-refractivity contribution < 1.29 is 0 Å². The number of aromatic nitrogens is 5. The van der Waals surface area contributed by atoms with Gasteiger partial charge in [-0.2, -0.15) is 9.67 Å². The Hall–Kier alpha value is -3.29. The monoisotopic (exact) mass is 308 g/mol. The van der Waals surface area contributed by atoms with Gasteiger partial charge in [0.25, 0.3) is 0 Å². The molecule has 0 saturated carbocycles. The van der Waals surface area contributed by atoms with Crippen molar-refractivity contribution in [1.82, 2.24) is 25.0 Å². The SMILES string of the molecule is CCN=CC(=CN)c1ccc(-n2nnc3cnc(N)nc32)cc1. The number of nitrogen functional groups attached to an aromatic ring is 1. The van der Waals surface area contributed by atoms with Crippen LogP contribution in [0.4, 0.5) is 5.95 Å². The molecule has 1 aromatic carbocycles. The number of rotatable bonds is 4.